The van der Waals surface area contributed by atoms with Crippen LogP contribution in [0, 0.1) is 0 Å². The monoisotopic (exact) mass is 459 g/mol. The van der Waals surface area contributed by atoms with Crippen LogP contribution in [0.4, 0.5) is 13.2 Å². The van der Waals surface area contributed by atoms with Gasteiger partial charge in [-0.15, -0.1) is 0 Å². The van der Waals surface area contributed by atoms with Crippen molar-refractivity contribution in [3.05, 3.63) is 84.6 Å². The standard InChI is InChI=1S/C21H16F3N5O2S/c1-28(32(30,31)19-6-2-5-17(10-19)21(22,23)24)27-13-18-12-26-20-8-7-16(14-29(18)20)15-4-3-9-25-11-15/h2-14H,1H3. The van der Waals surface area contributed by atoms with Gasteiger partial charge in [-0.25, -0.2) is 4.98 Å². The number of halogens is 3. The third-order valence-electron chi connectivity index (χ3n) is 4.69. The second-order valence-electron chi connectivity index (χ2n) is 6.78. The number of hydrogen-bond donors (Lipinski definition) is 0. The van der Waals surface area contributed by atoms with Gasteiger partial charge in [0.1, 0.15) is 5.65 Å². The highest BCUT2D eigenvalue weighted by Crippen LogP contribution is 2.31. The van der Waals surface area contributed by atoms with Gasteiger partial charge in [0, 0.05) is 36.8 Å². The number of sulfonamides is 1. The van der Waals surface area contributed by atoms with Gasteiger partial charge in [-0.1, -0.05) is 12.1 Å². The molecule has 1 aromatic carbocycles. The molecule has 0 amide bonds. The number of hydrogen-bond acceptors (Lipinski definition) is 5. The van der Waals surface area contributed by atoms with E-state index >= 15 is 0 Å². The number of pyridine rings is 2. The van der Waals surface area contributed by atoms with Crippen LogP contribution in [0.15, 0.2) is 83.3 Å². The van der Waals surface area contributed by atoms with E-state index in [1.165, 1.54) is 12.4 Å². The first kappa shape index (κ1) is 21.5. The number of rotatable bonds is 5. The Morgan fingerprint density at radius 3 is 2.59 bits per heavy atom. The summed E-state index contributed by atoms with van der Waals surface area (Å²) in [7, 11) is -3.13. The molecule has 0 saturated carbocycles. The smallest absolute Gasteiger partial charge is 0.298 e. The number of benzene rings is 1. The minimum absolute atomic E-state index is 0.483. The van der Waals surface area contributed by atoms with Gasteiger partial charge in [0.15, 0.2) is 0 Å². The molecule has 0 fully saturated rings. The fourth-order valence-corrected chi connectivity index (χ4v) is 3.99. The predicted molar refractivity (Wildman–Crippen MR) is 112 cm³/mol. The third-order valence-corrected chi connectivity index (χ3v) is 6.33. The molecular weight excluding hydrogens is 443 g/mol. The molecule has 4 rings (SSSR count). The van der Waals surface area contributed by atoms with E-state index in [0.29, 0.717) is 21.8 Å². The molecule has 0 aliphatic heterocycles. The number of imidazole rings is 1. The number of nitrogens with zero attached hydrogens (tertiary/aromatic N) is 5. The van der Waals surface area contributed by atoms with Crippen LogP contribution < -0.4 is 0 Å². The van der Waals surface area contributed by atoms with Crippen LogP contribution in [0.25, 0.3) is 16.8 Å². The first-order valence-corrected chi connectivity index (χ1v) is 10.7. The summed E-state index contributed by atoms with van der Waals surface area (Å²) in [5, 5.41) is 3.92. The molecule has 0 unspecified atom stereocenters. The third kappa shape index (κ3) is 4.19. The van der Waals surface area contributed by atoms with Crippen molar-refractivity contribution >= 4 is 21.9 Å². The van der Waals surface area contributed by atoms with Crippen molar-refractivity contribution in [3.8, 4) is 11.1 Å². The first-order chi connectivity index (χ1) is 15.2. The summed E-state index contributed by atoms with van der Waals surface area (Å²) in [6.45, 7) is 0. The summed E-state index contributed by atoms with van der Waals surface area (Å²) in [4.78, 5) is 7.84. The Hall–Kier alpha value is -3.73. The van der Waals surface area contributed by atoms with E-state index in [2.05, 4.69) is 15.1 Å². The van der Waals surface area contributed by atoms with Gasteiger partial charge in [0.2, 0.25) is 0 Å². The molecule has 3 aromatic heterocycles. The zero-order valence-electron chi connectivity index (χ0n) is 16.6. The van der Waals surface area contributed by atoms with Gasteiger partial charge in [-0.2, -0.15) is 31.1 Å². The van der Waals surface area contributed by atoms with Crippen LogP contribution in [0.3, 0.4) is 0 Å². The molecule has 7 nitrogen and oxygen atoms in total. The average molecular weight is 459 g/mol. The molecule has 11 heteroatoms. The SMILES string of the molecule is CN(N=Cc1cnc2ccc(-c3cccnc3)cn12)S(=O)(=O)c1cccc(C(F)(F)F)c1. The van der Waals surface area contributed by atoms with Crippen LogP contribution in [0.1, 0.15) is 11.3 Å². The normalized spacial score (nSPS) is 12.5. The molecule has 0 spiro atoms. The summed E-state index contributed by atoms with van der Waals surface area (Å²) in [5.41, 5.74) is 1.79. The highest BCUT2D eigenvalue weighted by atomic mass is 32.2. The molecule has 0 aliphatic carbocycles. The largest absolute Gasteiger partial charge is 0.416 e. The maximum atomic E-state index is 12.9. The summed E-state index contributed by atoms with van der Waals surface area (Å²) >= 11 is 0. The van der Waals surface area contributed by atoms with Gasteiger partial charge in [0.25, 0.3) is 10.0 Å². The zero-order chi connectivity index (χ0) is 22.9. The minimum atomic E-state index is -4.66. The Morgan fingerprint density at radius 1 is 1.06 bits per heavy atom. The van der Waals surface area contributed by atoms with E-state index in [-0.39, 0.29) is 0 Å². The first-order valence-electron chi connectivity index (χ1n) is 9.24. The Kier molecular flexibility index (Phi) is 5.43. The lowest BCUT2D eigenvalue weighted by Gasteiger charge is -2.15. The van der Waals surface area contributed by atoms with Crippen LogP contribution in [0.2, 0.25) is 0 Å². The van der Waals surface area contributed by atoms with Crippen molar-refractivity contribution < 1.29 is 21.6 Å². The molecule has 0 atom stereocenters. The fourth-order valence-electron chi connectivity index (χ4n) is 2.99. The lowest BCUT2D eigenvalue weighted by molar-refractivity contribution is -0.137. The van der Waals surface area contributed by atoms with Gasteiger partial charge >= 0.3 is 6.18 Å². The molecule has 0 aliphatic rings. The Bertz CT molecular complexity index is 1400. The van der Waals surface area contributed by atoms with Crippen molar-refractivity contribution in [1.29, 1.82) is 0 Å². The number of fused-ring (bicyclic) bond motifs is 1. The summed E-state index contributed by atoms with van der Waals surface area (Å²) in [5.74, 6) is 0. The maximum Gasteiger partial charge on any atom is 0.416 e. The molecule has 4 aromatic rings. The van der Waals surface area contributed by atoms with Gasteiger partial charge in [-0.3, -0.25) is 9.38 Å². The number of aromatic nitrogens is 3. The topological polar surface area (TPSA) is 79.9 Å². The van der Waals surface area contributed by atoms with Crippen LogP contribution in [-0.4, -0.2) is 40.5 Å². The Labute approximate surface area is 181 Å². The van der Waals surface area contributed by atoms with Gasteiger partial charge in [0.05, 0.1) is 28.6 Å². The summed E-state index contributed by atoms with van der Waals surface area (Å²) in [6, 6.07) is 10.9. The van der Waals surface area contributed by atoms with E-state index in [1.54, 1.807) is 22.9 Å². The lowest BCUT2D eigenvalue weighted by Crippen LogP contribution is -2.22. The Balaban J connectivity index is 1.64. The van der Waals surface area contributed by atoms with Crippen LogP contribution in [0.5, 0.6) is 0 Å². The lowest BCUT2D eigenvalue weighted by atomic mass is 10.1. The quantitative estimate of drug-likeness (QED) is 0.333. The van der Waals surface area contributed by atoms with E-state index in [4.69, 9.17) is 0 Å². The van der Waals surface area contributed by atoms with Gasteiger partial charge in [-0.05, 0) is 36.4 Å². The Morgan fingerprint density at radius 2 is 1.88 bits per heavy atom. The molecule has 3 heterocycles. The van der Waals surface area contributed by atoms with Gasteiger partial charge < -0.3 is 0 Å². The highest BCUT2D eigenvalue weighted by Gasteiger charge is 2.32. The molecule has 32 heavy (non-hydrogen) atoms. The van der Waals surface area contributed by atoms with E-state index < -0.39 is 26.7 Å². The van der Waals surface area contributed by atoms with Crippen LogP contribution >= 0.6 is 0 Å². The maximum absolute atomic E-state index is 12.9. The zero-order valence-corrected chi connectivity index (χ0v) is 17.4. The van der Waals surface area contributed by atoms with Crippen LogP contribution in [-0.2, 0) is 16.2 Å². The van der Waals surface area contributed by atoms with Crippen molar-refractivity contribution in [3.63, 3.8) is 0 Å². The molecule has 0 bridgehead atoms. The molecule has 164 valence electrons. The second-order valence-corrected chi connectivity index (χ2v) is 8.73. The van der Waals surface area contributed by atoms with E-state index in [9.17, 15) is 21.6 Å². The van der Waals surface area contributed by atoms with Crippen molar-refractivity contribution in [1.82, 2.24) is 18.8 Å². The van der Waals surface area contributed by atoms with E-state index in [1.807, 2.05) is 24.4 Å². The average Bonchev–Trinajstić information content (AvgIpc) is 3.19. The number of alkyl halides is 3. The van der Waals surface area contributed by atoms with E-state index in [0.717, 1.165) is 36.4 Å². The highest BCUT2D eigenvalue weighted by molar-refractivity contribution is 7.89. The molecule has 0 N–H and O–H groups in total. The van der Waals surface area contributed by atoms with Crippen molar-refractivity contribution in [2.45, 2.75) is 11.1 Å². The minimum Gasteiger partial charge on any atom is -0.298 e. The summed E-state index contributed by atoms with van der Waals surface area (Å²) < 4.78 is 66.5. The predicted octanol–water partition coefficient (Wildman–Crippen LogP) is 4.07. The van der Waals surface area contributed by atoms with Crippen molar-refractivity contribution in [2.75, 3.05) is 7.05 Å². The second kappa shape index (κ2) is 8.08. The fraction of sp³-hybridized carbons (Fsp3) is 0.0952. The molecular formula is C21H16F3N5O2S. The molecule has 0 saturated heterocycles. The van der Waals surface area contributed by atoms with Crippen molar-refractivity contribution in [2.24, 2.45) is 5.10 Å². The summed E-state index contributed by atoms with van der Waals surface area (Å²) in [6.07, 6.45) is 3.31. The number of hydrazone groups is 1. The molecule has 0 radical (unpaired) electrons.